The van der Waals surface area contributed by atoms with Crippen molar-refractivity contribution in [1.82, 2.24) is 9.97 Å². The molecule has 1 atom stereocenters. The monoisotopic (exact) mass is 265 g/mol. The van der Waals surface area contributed by atoms with E-state index >= 15 is 0 Å². The molecule has 18 heavy (non-hydrogen) atoms. The van der Waals surface area contributed by atoms with Crippen LogP contribution in [0, 0.1) is 5.92 Å². The number of anilines is 1. The third kappa shape index (κ3) is 2.33. The number of halogens is 1. The largest absolute Gasteiger partial charge is 0.356 e. The average molecular weight is 266 g/mol. The van der Waals surface area contributed by atoms with Crippen LogP contribution in [0.5, 0.6) is 0 Å². The Kier molecular flexibility index (Phi) is 3.69. The second-order valence-corrected chi connectivity index (χ2v) is 5.75. The van der Waals surface area contributed by atoms with Gasteiger partial charge in [0, 0.05) is 30.2 Å². The molecule has 1 saturated heterocycles. The molecular weight excluding hydrogens is 246 g/mol. The smallest absolute Gasteiger partial charge is 0.135 e. The maximum absolute atomic E-state index is 5.97. The number of aromatic nitrogens is 2. The van der Waals surface area contributed by atoms with Crippen LogP contribution in [-0.2, 0) is 12.8 Å². The number of alkyl halides is 1. The molecule has 0 radical (unpaired) electrons. The molecule has 3 rings (SSSR count). The van der Waals surface area contributed by atoms with Crippen molar-refractivity contribution in [2.75, 3.05) is 23.9 Å². The summed E-state index contributed by atoms with van der Waals surface area (Å²) in [4.78, 5) is 11.5. The first-order valence-electron chi connectivity index (χ1n) is 7.02. The van der Waals surface area contributed by atoms with Crippen molar-refractivity contribution in [3.05, 3.63) is 17.6 Å². The highest BCUT2D eigenvalue weighted by molar-refractivity contribution is 6.18. The Morgan fingerprint density at radius 3 is 2.94 bits per heavy atom. The Hall–Kier alpha value is -0.830. The summed E-state index contributed by atoms with van der Waals surface area (Å²) in [5.41, 5.74) is 2.69. The van der Waals surface area contributed by atoms with Crippen LogP contribution in [0.15, 0.2) is 6.33 Å². The summed E-state index contributed by atoms with van der Waals surface area (Å²) in [6.45, 7) is 2.16. The van der Waals surface area contributed by atoms with E-state index in [-0.39, 0.29) is 0 Å². The van der Waals surface area contributed by atoms with Crippen molar-refractivity contribution in [3.63, 3.8) is 0 Å². The van der Waals surface area contributed by atoms with E-state index in [1.807, 2.05) is 0 Å². The second-order valence-electron chi connectivity index (χ2n) is 5.44. The lowest BCUT2D eigenvalue weighted by Crippen LogP contribution is -2.23. The van der Waals surface area contributed by atoms with Gasteiger partial charge in [0.15, 0.2) is 0 Å². The van der Waals surface area contributed by atoms with E-state index in [0.29, 0.717) is 5.92 Å². The summed E-state index contributed by atoms with van der Waals surface area (Å²) in [5, 5.41) is 0. The number of fused-ring (bicyclic) bond motifs is 1. The molecule has 98 valence electrons. The first-order valence-corrected chi connectivity index (χ1v) is 7.55. The molecule has 0 N–H and O–H groups in total. The van der Waals surface area contributed by atoms with Crippen molar-refractivity contribution in [1.29, 1.82) is 0 Å². The Morgan fingerprint density at radius 1 is 1.22 bits per heavy atom. The molecule has 0 amide bonds. The van der Waals surface area contributed by atoms with Crippen LogP contribution in [0.1, 0.15) is 36.9 Å². The van der Waals surface area contributed by atoms with Crippen molar-refractivity contribution in [2.24, 2.45) is 5.92 Å². The van der Waals surface area contributed by atoms with E-state index in [4.69, 9.17) is 11.6 Å². The highest BCUT2D eigenvalue weighted by Gasteiger charge is 2.26. The van der Waals surface area contributed by atoms with Crippen molar-refractivity contribution >= 4 is 17.4 Å². The zero-order valence-electron chi connectivity index (χ0n) is 10.7. The van der Waals surface area contributed by atoms with Crippen LogP contribution in [0.2, 0.25) is 0 Å². The Bertz CT molecular complexity index is 422. The number of rotatable bonds is 2. The topological polar surface area (TPSA) is 29.0 Å². The van der Waals surface area contributed by atoms with Crippen LogP contribution < -0.4 is 4.90 Å². The molecule has 4 heteroatoms. The molecule has 1 fully saturated rings. The van der Waals surface area contributed by atoms with Crippen LogP contribution in [-0.4, -0.2) is 28.9 Å². The molecule has 0 spiro atoms. The highest BCUT2D eigenvalue weighted by atomic mass is 35.5. The quantitative estimate of drug-likeness (QED) is 0.608. The van der Waals surface area contributed by atoms with E-state index in [1.165, 1.54) is 42.8 Å². The molecule has 1 aromatic heterocycles. The Balaban J connectivity index is 1.88. The van der Waals surface area contributed by atoms with Gasteiger partial charge in [-0.15, -0.1) is 11.6 Å². The summed E-state index contributed by atoms with van der Waals surface area (Å²) < 4.78 is 0. The van der Waals surface area contributed by atoms with Crippen LogP contribution in [0.4, 0.5) is 5.82 Å². The predicted octanol–water partition coefficient (Wildman–Crippen LogP) is 2.81. The normalized spacial score (nSPS) is 23.8. The number of aryl methyl sites for hydroxylation is 1. The summed E-state index contributed by atoms with van der Waals surface area (Å²) in [5.74, 6) is 2.58. The van der Waals surface area contributed by atoms with Gasteiger partial charge in [-0.3, -0.25) is 0 Å². The van der Waals surface area contributed by atoms with Gasteiger partial charge in [-0.25, -0.2) is 9.97 Å². The van der Waals surface area contributed by atoms with Gasteiger partial charge in [0.25, 0.3) is 0 Å². The molecule has 0 bridgehead atoms. The molecule has 0 saturated carbocycles. The van der Waals surface area contributed by atoms with Crippen LogP contribution in [0.3, 0.4) is 0 Å². The summed E-state index contributed by atoms with van der Waals surface area (Å²) in [7, 11) is 0. The molecule has 1 aliphatic heterocycles. The molecule has 1 unspecified atom stereocenters. The summed E-state index contributed by atoms with van der Waals surface area (Å²) in [6, 6.07) is 0. The van der Waals surface area contributed by atoms with Crippen LogP contribution >= 0.6 is 11.6 Å². The lowest BCUT2D eigenvalue weighted by atomic mass is 10.1. The van der Waals surface area contributed by atoms with Crippen molar-refractivity contribution < 1.29 is 0 Å². The van der Waals surface area contributed by atoms with Gasteiger partial charge in [-0.2, -0.15) is 0 Å². The van der Waals surface area contributed by atoms with Crippen molar-refractivity contribution in [3.8, 4) is 0 Å². The minimum atomic E-state index is 0.628. The second kappa shape index (κ2) is 5.43. The van der Waals surface area contributed by atoms with E-state index in [9.17, 15) is 0 Å². The Morgan fingerprint density at radius 2 is 2.11 bits per heavy atom. The van der Waals surface area contributed by atoms with E-state index in [2.05, 4.69) is 14.9 Å². The first kappa shape index (κ1) is 12.2. The Labute approximate surface area is 114 Å². The SMILES string of the molecule is ClCC1CCN(c2ncnc3c2CCCCC3)C1. The van der Waals surface area contributed by atoms with E-state index in [1.54, 1.807) is 6.33 Å². The standard InChI is InChI=1S/C14H20ClN3/c15-8-11-6-7-18(9-11)14-12-4-2-1-3-5-13(12)16-10-17-14/h10-11H,1-9H2. The van der Waals surface area contributed by atoms with E-state index in [0.717, 1.165) is 31.8 Å². The fourth-order valence-corrected chi connectivity index (χ4v) is 3.36. The molecule has 3 nitrogen and oxygen atoms in total. The maximum Gasteiger partial charge on any atom is 0.135 e. The number of nitrogens with zero attached hydrogens (tertiary/aromatic N) is 3. The minimum Gasteiger partial charge on any atom is -0.356 e. The van der Waals surface area contributed by atoms with Gasteiger partial charge in [0.05, 0.1) is 0 Å². The zero-order valence-corrected chi connectivity index (χ0v) is 11.5. The summed E-state index contributed by atoms with van der Waals surface area (Å²) in [6.07, 6.45) is 9.08. The molecular formula is C14H20ClN3. The lowest BCUT2D eigenvalue weighted by Gasteiger charge is -2.21. The van der Waals surface area contributed by atoms with Gasteiger partial charge < -0.3 is 4.90 Å². The van der Waals surface area contributed by atoms with Gasteiger partial charge in [-0.1, -0.05) is 6.42 Å². The molecule has 1 aromatic rings. The molecule has 0 aromatic carbocycles. The zero-order chi connectivity index (χ0) is 12.4. The first-order chi connectivity index (χ1) is 8.88. The highest BCUT2D eigenvalue weighted by Crippen LogP contribution is 2.30. The fraction of sp³-hybridized carbons (Fsp3) is 0.714. The molecule has 2 aliphatic rings. The third-order valence-corrected chi connectivity index (χ3v) is 4.59. The van der Waals surface area contributed by atoms with E-state index < -0.39 is 0 Å². The predicted molar refractivity (Wildman–Crippen MR) is 74.3 cm³/mol. The number of hydrogen-bond acceptors (Lipinski definition) is 3. The van der Waals surface area contributed by atoms with Crippen molar-refractivity contribution in [2.45, 2.75) is 38.5 Å². The summed E-state index contributed by atoms with van der Waals surface area (Å²) >= 11 is 5.97. The van der Waals surface area contributed by atoms with Gasteiger partial charge in [0.2, 0.25) is 0 Å². The number of hydrogen-bond donors (Lipinski definition) is 0. The van der Waals surface area contributed by atoms with Gasteiger partial charge >= 0.3 is 0 Å². The van der Waals surface area contributed by atoms with Gasteiger partial charge in [-0.05, 0) is 38.0 Å². The average Bonchev–Trinajstić information content (AvgIpc) is 2.75. The lowest BCUT2D eigenvalue weighted by molar-refractivity contribution is 0.665. The molecule has 1 aliphatic carbocycles. The maximum atomic E-state index is 5.97. The third-order valence-electron chi connectivity index (χ3n) is 4.16. The molecule has 2 heterocycles. The fourth-order valence-electron chi connectivity index (χ4n) is 3.10. The van der Waals surface area contributed by atoms with Crippen LogP contribution in [0.25, 0.3) is 0 Å². The minimum absolute atomic E-state index is 0.628. The van der Waals surface area contributed by atoms with Gasteiger partial charge in [0.1, 0.15) is 12.1 Å².